The molecule has 4 nitrogen and oxygen atoms in total. The first kappa shape index (κ1) is 11.6. The highest BCUT2D eigenvalue weighted by atomic mass is 79.9. The van der Waals surface area contributed by atoms with Crippen LogP contribution in [0.3, 0.4) is 0 Å². The SMILES string of the molecule is CS(=O)(=O)Nc1cc(Cl)c(O)c(Br)c1. The molecule has 0 aromatic heterocycles. The molecule has 0 saturated carbocycles. The van der Waals surface area contributed by atoms with Gasteiger partial charge in [-0.3, -0.25) is 4.72 Å². The molecule has 0 spiro atoms. The van der Waals surface area contributed by atoms with Crippen molar-refractivity contribution in [3.63, 3.8) is 0 Å². The molecule has 1 aromatic carbocycles. The van der Waals surface area contributed by atoms with Gasteiger partial charge in [0.25, 0.3) is 0 Å². The van der Waals surface area contributed by atoms with E-state index in [1.807, 2.05) is 0 Å². The van der Waals surface area contributed by atoms with Crippen LogP contribution in [-0.2, 0) is 10.0 Å². The molecule has 0 radical (unpaired) electrons. The lowest BCUT2D eigenvalue weighted by molar-refractivity contribution is 0.472. The molecule has 1 rings (SSSR count). The Hall–Kier alpha value is -0.460. The van der Waals surface area contributed by atoms with Gasteiger partial charge in [-0.2, -0.15) is 0 Å². The van der Waals surface area contributed by atoms with Crippen LogP contribution in [0.2, 0.25) is 5.02 Å². The number of benzene rings is 1. The van der Waals surface area contributed by atoms with Gasteiger partial charge >= 0.3 is 0 Å². The molecule has 0 atom stereocenters. The Labute approximate surface area is 95.1 Å². The number of anilines is 1. The second-order valence-electron chi connectivity index (χ2n) is 2.66. The molecule has 7 heteroatoms. The van der Waals surface area contributed by atoms with E-state index in [0.29, 0.717) is 10.2 Å². The lowest BCUT2D eigenvalue weighted by Gasteiger charge is -2.06. The Kier molecular flexibility index (Phi) is 3.28. The minimum absolute atomic E-state index is 0.0746. The number of hydrogen-bond acceptors (Lipinski definition) is 3. The Morgan fingerprint density at radius 2 is 2.07 bits per heavy atom. The molecule has 14 heavy (non-hydrogen) atoms. The molecular weight excluding hydrogens is 294 g/mol. The molecule has 0 aliphatic carbocycles. The monoisotopic (exact) mass is 299 g/mol. The van der Waals surface area contributed by atoms with E-state index in [1.165, 1.54) is 12.1 Å². The van der Waals surface area contributed by atoms with Crippen molar-refractivity contribution in [2.24, 2.45) is 0 Å². The molecule has 0 amide bonds. The highest BCUT2D eigenvalue weighted by Gasteiger charge is 2.08. The highest BCUT2D eigenvalue weighted by molar-refractivity contribution is 9.10. The summed E-state index contributed by atoms with van der Waals surface area (Å²) < 4.78 is 24.3. The summed E-state index contributed by atoms with van der Waals surface area (Å²) >= 11 is 8.67. The molecule has 0 unspecified atom stereocenters. The van der Waals surface area contributed by atoms with E-state index in [-0.39, 0.29) is 10.8 Å². The van der Waals surface area contributed by atoms with Crippen molar-refractivity contribution in [3.05, 3.63) is 21.6 Å². The van der Waals surface area contributed by atoms with Crippen LogP contribution in [0.25, 0.3) is 0 Å². The zero-order valence-corrected chi connectivity index (χ0v) is 10.2. The lowest BCUT2D eigenvalue weighted by atomic mass is 10.3. The first-order valence-corrected chi connectivity index (χ1v) is 6.51. The van der Waals surface area contributed by atoms with Gasteiger partial charge in [0.2, 0.25) is 10.0 Å². The second-order valence-corrected chi connectivity index (χ2v) is 5.67. The highest BCUT2D eigenvalue weighted by Crippen LogP contribution is 2.34. The number of halogens is 2. The summed E-state index contributed by atoms with van der Waals surface area (Å²) in [5.74, 6) is -0.120. The summed E-state index contributed by atoms with van der Waals surface area (Å²) in [5, 5.41) is 9.35. The Morgan fingerprint density at radius 3 is 2.50 bits per heavy atom. The maximum atomic E-state index is 10.9. The molecule has 0 heterocycles. The summed E-state index contributed by atoms with van der Waals surface area (Å²) in [7, 11) is -3.33. The maximum absolute atomic E-state index is 10.9. The normalized spacial score (nSPS) is 11.4. The van der Waals surface area contributed by atoms with Crippen molar-refractivity contribution >= 4 is 43.2 Å². The molecule has 0 aliphatic heterocycles. The predicted molar refractivity (Wildman–Crippen MR) is 59.3 cm³/mol. The van der Waals surface area contributed by atoms with E-state index in [1.54, 1.807) is 0 Å². The van der Waals surface area contributed by atoms with Gasteiger partial charge in [0.05, 0.1) is 21.4 Å². The van der Waals surface area contributed by atoms with E-state index in [9.17, 15) is 13.5 Å². The summed E-state index contributed by atoms with van der Waals surface area (Å²) in [6.07, 6.45) is 1.03. The van der Waals surface area contributed by atoms with Gasteiger partial charge in [-0.05, 0) is 28.1 Å². The summed E-state index contributed by atoms with van der Waals surface area (Å²) in [6.45, 7) is 0. The second kappa shape index (κ2) is 3.96. The van der Waals surface area contributed by atoms with Crippen LogP contribution in [-0.4, -0.2) is 19.8 Å². The standard InChI is InChI=1S/C7H7BrClNO3S/c1-14(12,13)10-4-2-5(8)7(11)6(9)3-4/h2-3,10-11H,1H3. The number of sulfonamides is 1. The summed E-state index contributed by atoms with van der Waals surface area (Å²) in [4.78, 5) is 0. The minimum atomic E-state index is -3.33. The van der Waals surface area contributed by atoms with Gasteiger partial charge in [-0.25, -0.2) is 8.42 Å². The van der Waals surface area contributed by atoms with Gasteiger partial charge in [-0.15, -0.1) is 0 Å². The average molecular weight is 301 g/mol. The molecule has 0 fully saturated rings. The molecule has 0 saturated heterocycles. The fourth-order valence-electron chi connectivity index (χ4n) is 0.839. The van der Waals surface area contributed by atoms with Gasteiger partial charge in [-0.1, -0.05) is 11.6 Å². The molecule has 1 aromatic rings. The van der Waals surface area contributed by atoms with E-state index in [4.69, 9.17) is 11.6 Å². The van der Waals surface area contributed by atoms with Crippen LogP contribution in [0, 0.1) is 0 Å². The number of phenolic OH excluding ortho intramolecular Hbond substituents is 1. The van der Waals surface area contributed by atoms with Gasteiger partial charge < -0.3 is 5.11 Å². The van der Waals surface area contributed by atoms with E-state index in [2.05, 4.69) is 20.7 Å². The Balaban J connectivity index is 3.14. The zero-order chi connectivity index (χ0) is 10.9. The van der Waals surface area contributed by atoms with Crippen LogP contribution < -0.4 is 4.72 Å². The first-order chi connectivity index (χ1) is 6.29. The third kappa shape index (κ3) is 3.04. The van der Waals surface area contributed by atoms with Gasteiger partial charge in [0, 0.05) is 0 Å². The van der Waals surface area contributed by atoms with E-state index >= 15 is 0 Å². The van der Waals surface area contributed by atoms with Crippen LogP contribution in [0.5, 0.6) is 5.75 Å². The first-order valence-electron chi connectivity index (χ1n) is 3.45. The van der Waals surface area contributed by atoms with Crippen molar-refractivity contribution in [2.75, 3.05) is 11.0 Å². The maximum Gasteiger partial charge on any atom is 0.229 e. The fraction of sp³-hybridized carbons (Fsp3) is 0.143. The van der Waals surface area contributed by atoms with Crippen molar-refractivity contribution in [3.8, 4) is 5.75 Å². The predicted octanol–water partition coefficient (Wildman–Crippen LogP) is 2.18. The molecule has 0 aliphatic rings. The Morgan fingerprint density at radius 1 is 1.50 bits per heavy atom. The van der Waals surface area contributed by atoms with Gasteiger partial charge in [0.15, 0.2) is 0 Å². The quantitative estimate of drug-likeness (QED) is 0.823. The molecule has 2 N–H and O–H groups in total. The van der Waals surface area contributed by atoms with Crippen molar-refractivity contribution < 1.29 is 13.5 Å². The minimum Gasteiger partial charge on any atom is -0.505 e. The van der Waals surface area contributed by atoms with E-state index in [0.717, 1.165) is 6.26 Å². The van der Waals surface area contributed by atoms with Crippen LogP contribution >= 0.6 is 27.5 Å². The largest absolute Gasteiger partial charge is 0.505 e. The molecule has 78 valence electrons. The Bertz CT molecular complexity index is 437. The lowest BCUT2D eigenvalue weighted by Crippen LogP contribution is -2.09. The number of aromatic hydroxyl groups is 1. The number of hydrogen-bond donors (Lipinski definition) is 2. The third-order valence-corrected chi connectivity index (χ3v) is 2.82. The number of phenols is 1. The van der Waals surface area contributed by atoms with Crippen molar-refractivity contribution in [1.82, 2.24) is 0 Å². The molecule has 0 bridgehead atoms. The topological polar surface area (TPSA) is 66.4 Å². The summed E-state index contributed by atoms with van der Waals surface area (Å²) in [5.41, 5.74) is 0.294. The average Bonchev–Trinajstić information content (AvgIpc) is 1.96. The fourth-order valence-corrected chi connectivity index (χ4v) is 2.18. The summed E-state index contributed by atoms with van der Waals surface area (Å²) in [6, 6.07) is 2.74. The van der Waals surface area contributed by atoms with Crippen LogP contribution in [0.4, 0.5) is 5.69 Å². The smallest absolute Gasteiger partial charge is 0.229 e. The van der Waals surface area contributed by atoms with E-state index < -0.39 is 10.0 Å². The number of rotatable bonds is 2. The molecular formula is C7H7BrClNO3S. The van der Waals surface area contributed by atoms with Gasteiger partial charge in [0.1, 0.15) is 5.75 Å². The third-order valence-electron chi connectivity index (χ3n) is 1.32. The zero-order valence-electron chi connectivity index (χ0n) is 7.08. The van der Waals surface area contributed by atoms with Crippen LogP contribution in [0.1, 0.15) is 0 Å². The van der Waals surface area contributed by atoms with Crippen LogP contribution in [0.15, 0.2) is 16.6 Å². The number of nitrogens with one attached hydrogen (secondary N) is 1. The van der Waals surface area contributed by atoms with Crippen molar-refractivity contribution in [2.45, 2.75) is 0 Å². The van der Waals surface area contributed by atoms with Crippen molar-refractivity contribution in [1.29, 1.82) is 0 Å².